The molecule has 0 aliphatic rings. The molecule has 88 valence electrons. The first-order chi connectivity index (χ1) is 7.74. The molecule has 2 nitrogen and oxygen atoms in total. The van der Waals surface area contributed by atoms with E-state index >= 15 is 0 Å². The van der Waals surface area contributed by atoms with Crippen LogP contribution in [-0.2, 0) is 0 Å². The van der Waals surface area contributed by atoms with Gasteiger partial charge in [-0.05, 0) is 44.7 Å². The highest BCUT2D eigenvalue weighted by atomic mass is 14.9. The Balaban J connectivity index is 2.33. The van der Waals surface area contributed by atoms with Gasteiger partial charge in [0, 0.05) is 24.5 Å². The number of nitrogens with zero attached hydrogens (tertiary/aromatic N) is 1. The Morgan fingerprint density at radius 3 is 2.94 bits per heavy atom. The molecule has 1 aromatic heterocycles. The summed E-state index contributed by atoms with van der Waals surface area (Å²) in [6.07, 6.45) is 9.22. The van der Waals surface area contributed by atoms with Gasteiger partial charge in [-0.25, -0.2) is 0 Å². The van der Waals surface area contributed by atoms with Crippen molar-refractivity contribution in [3.8, 4) is 0 Å². The second-order valence-electron chi connectivity index (χ2n) is 4.30. The van der Waals surface area contributed by atoms with Crippen LogP contribution in [0.4, 0.5) is 0 Å². The lowest BCUT2D eigenvalue weighted by Crippen LogP contribution is -2.28. The van der Waals surface area contributed by atoms with Crippen LogP contribution in [0, 0.1) is 0 Å². The SMILES string of the molecule is C=CCCCC(C)NC(C)c1cccnc1. The number of unbranched alkanes of at least 4 members (excludes halogenated alkanes) is 1. The highest BCUT2D eigenvalue weighted by Gasteiger charge is 2.08. The van der Waals surface area contributed by atoms with Gasteiger partial charge in [0.25, 0.3) is 0 Å². The minimum Gasteiger partial charge on any atom is -0.308 e. The van der Waals surface area contributed by atoms with E-state index in [2.05, 4.69) is 36.8 Å². The van der Waals surface area contributed by atoms with Crippen LogP contribution in [0.3, 0.4) is 0 Å². The average Bonchev–Trinajstić information content (AvgIpc) is 2.30. The molecular formula is C14H22N2. The lowest BCUT2D eigenvalue weighted by molar-refractivity contribution is 0.447. The van der Waals surface area contributed by atoms with Crippen molar-refractivity contribution in [1.82, 2.24) is 10.3 Å². The first kappa shape index (κ1) is 12.9. The summed E-state index contributed by atoms with van der Waals surface area (Å²) >= 11 is 0. The van der Waals surface area contributed by atoms with Gasteiger partial charge in [-0.3, -0.25) is 4.98 Å². The third-order valence-electron chi connectivity index (χ3n) is 2.76. The number of hydrogen-bond donors (Lipinski definition) is 1. The predicted octanol–water partition coefficient (Wildman–Crippen LogP) is 3.48. The van der Waals surface area contributed by atoms with Crippen LogP contribution in [0.25, 0.3) is 0 Å². The monoisotopic (exact) mass is 218 g/mol. The largest absolute Gasteiger partial charge is 0.308 e. The van der Waals surface area contributed by atoms with E-state index in [1.165, 1.54) is 18.4 Å². The first-order valence-electron chi connectivity index (χ1n) is 6.01. The topological polar surface area (TPSA) is 24.9 Å². The van der Waals surface area contributed by atoms with Gasteiger partial charge in [-0.2, -0.15) is 0 Å². The summed E-state index contributed by atoms with van der Waals surface area (Å²) in [6, 6.07) is 5.00. The fourth-order valence-electron chi connectivity index (χ4n) is 1.81. The molecule has 0 radical (unpaired) electrons. The first-order valence-corrected chi connectivity index (χ1v) is 6.01. The van der Waals surface area contributed by atoms with Crippen LogP contribution in [-0.4, -0.2) is 11.0 Å². The summed E-state index contributed by atoms with van der Waals surface area (Å²) in [5, 5.41) is 3.58. The van der Waals surface area contributed by atoms with Crippen LogP contribution in [0.5, 0.6) is 0 Å². The van der Waals surface area contributed by atoms with E-state index in [1.807, 2.05) is 24.5 Å². The van der Waals surface area contributed by atoms with E-state index in [-0.39, 0.29) is 0 Å². The maximum absolute atomic E-state index is 4.14. The van der Waals surface area contributed by atoms with E-state index in [4.69, 9.17) is 0 Å². The van der Waals surface area contributed by atoms with Crippen molar-refractivity contribution in [2.75, 3.05) is 0 Å². The van der Waals surface area contributed by atoms with Crippen LogP contribution in [0.15, 0.2) is 37.2 Å². The van der Waals surface area contributed by atoms with E-state index in [0.717, 1.165) is 6.42 Å². The predicted molar refractivity (Wildman–Crippen MR) is 69.3 cm³/mol. The standard InChI is InChI=1S/C14H22N2/c1-4-5-6-8-12(2)16-13(3)14-9-7-10-15-11-14/h4,7,9-13,16H,1,5-6,8H2,2-3H3. The molecule has 0 amide bonds. The molecule has 2 atom stereocenters. The molecule has 0 aliphatic carbocycles. The maximum atomic E-state index is 4.14. The van der Waals surface area contributed by atoms with Crippen LogP contribution in [0.2, 0.25) is 0 Å². The molecule has 2 heteroatoms. The Morgan fingerprint density at radius 2 is 2.31 bits per heavy atom. The number of hydrogen-bond acceptors (Lipinski definition) is 2. The van der Waals surface area contributed by atoms with Crippen molar-refractivity contribution in [3.05, 3.63) is 42.7 Å². The van der Waals surface area contributed by atoms with Gasteiger partial charge in [-0.1, -0.05) is 12.1 Å². The number of pyridine rings is 1. The van der Waals surface area contributed by atoms with Gasteiger partial charge in [-0.15, -0.1) is 6.58 Å². The van der Waals surface area contributed by atoms with Crippen molar-refractivity contribution in [2.45, 2.75) is 45.2 Å². The zero-order valence-electron chi connectivity index (χ0n) is 10.3. The zero-order chi connectivity index (χ0) is 11.8. The Morgan fingerprint density at radius 1 is 1.50 bits per heavy atom. The van der Waals surface area contributed by atoms with Gasteiger partial charge in [0.15, 0.2) is 0 Å². The number of aromatic nitrogens is 1. The molecule has 0 bridgehead atoms. The van der Waals surface area contributed by atoms with Crippen molar-refractivity contribution >= 4 is 0 Å². The van der Waals surface area contributed by atoms with Gasteiger partial charge in [0.2, 0.25) is 0 Å². The summed E-state index contributed by atoms with van der Waals surface area (Å²) in [5.41, 5.74) is 1.25. The van der Waals surface area contributed by atoms with E-state index in [9.17, 15) is 0 Å². The molecule has 1 aromatic rings. The highest BCUT2D eigenvalue weighted by Crippen LogP contribution is 2.12. The molecule has 1 rings (SSSR count). The molecule has 0 fully saturated rings. The van der Waals surface area contributed by atoms with E-state index in [1.54, 1.807) is 0 Å². The molecule has 1 heterocycles. The van der Waals surface area contributed by atoms with E-state index in [0.29, 0.717) is 12.1 Å². The minimum atomic E-state index is 0.368. The fraction of sp³-hybridized carbons (Fsp3) is 0.500. The molecule has 1 N–H and O–H groups in total. The van der Waals surface area contributed by atoms with Crippen LogP contribution in [0.1, 0.15) is 44.7 Å². The van der Waals surface area contributed by atoms with Crippen LogP contribution >= 0.6 is 0 Å². The summed E-state index contributed by atoms with van der Waals surface area (Å²) < 4.78 is 0. The third-order valence-corrected chi connectivity index (χ3v) is 2.76. The average molecular weight is 218 g/mol. The Hall–Kier alpha value is -1.15. The second-order valence-corrected chi connectivity index (χ2v) is 4.30. The van der Waals surface area contributed by atoms with Crippen molar-refractivity contribution in [2.24, 2.45) is 0 Å². The molecule has 0 aliphatic heterocycles. The fourth-order valence-corrected chi connectivity index (χ4v) is 1.81. The summed E-state index contributed by atoms with van der Waals surface area (Å²) in [7, 11) is 0. The highest BCUT2D eigenvalue weighted by molar-refractivity contribution is 5.12. The molecule has 0 spiro atoms. The third kappa shape index (κ3) is 4.58. The zero-order valence-corrected chi connectivity index (χ0v) is 10.3. The summed E-state index contributed by atoms with van der Waals surface area (Å²) in [6.45, 7) is 8.15. The second kappa shape index (κ2) is 7.18. The number of allylic oxidation sites excluding steroid dienone is 1. The van der Waals surface area contributed by atoms with Crippen molar-refractivity contribution < 1.29 is 0 Å². The van der Waals surface area contributed by atoms with Crippen LogP contribution < -0.4 is 5.32 Å². The lowest BCUT2D eigenvalue weighted by Gasteiger charge is -2.19. The van der Waals surface area contributed by atoms with Gasteiger partial charge >= 0.3 is 0 Å². The molecule has 0 saturated heterocycles. The maximum Gasteiger partial charge on any atom is 0.0315 e. The summed E-state index contributed by atoms with van der Waals surface area (Å²) in [5.74, 6) is 0. The molecule has 2 unspecified atom stereocenters. The normalized spacial score (nSPS) is 14.4. The summed E-state index contributed by atoms with van der Waals surface area (Å²) in [4.78, 5) is 4.14. The lowest BCUT2D eigenvalue weighted by atomic mass is 10.1. The number of rotatable bonds is 7. The minimum absolute atomic E-state index is 0.368. The Labute approximate surface area is 98.8 Å². The molecule has 0 saturated carbocycles. The smallest absolute Gasteiger partial charge is 0.0315 e. The van der Waals surface area contributed by atoms with Gasteiger partial charge < -0.3 is 5.32 Å². The van der Waals surface area contributed by atoms with Crippen molar-refractivity contribution in [1.29, 1.82) is 0 Å². The molecular weight excluding hydrogens is 196 g/mol. The van der Waals surface area contributed by atoms with Gasteiger partial charge in [0.05, 0.1) is 0 Å². The Kier molecular flexibility index (Phi) is 5.79. The Bertz CT molecular complexity index is 295. The van der Waals surface area contributed by atoms with E-state index < -0.39 is 0 Å². The molecule has 16 heavy (non-hydrogen) atoms. The molecule has 0 aromatic carbocycles. The number of nitrogens with one attached hydrogen (secondary N) is 1. The van der Waals surface area contributed by atoms with Gasteiger partial charge in [0.1, 0.15) is 0 Å². The quantitative estimate of drug-likeness (QED) is 0.560. The van der Waals surface area contributed by atoms with Crippen molar-refractivity contribution in [3.63, 3.8) is 0 Å².